The SMILES string of the molecule is Cc1nc(CN2CCC(C(=O)N3CCCC3C(=O)Nc3cc(Cl)cc(Cl)c3)CC2)cs1. The van der Waals surface area contributed by atoms with Crippen LogP contribution in [0.25, 0.3) is 0 Å². The van der Waals surface area contributed by atoms with E-state index < -0.39 is 6.04 Å². The molecule has 2 aromatic rings. The van der Waals surface area contributed by atoms with Gasteiger partial charge in [-0.25, -0.2) is 4.98 Å². The number of rotatable bonds is 5. The monoisotopic (exact) mass is 480 g/mol. The fourth-order valence-corrected chi connectivity index (χ4v) is 5.57. The van der Waals surface area contributed by atoms with Crippen LogP contribution in [-0.2, 0) is 16.1 Å². The molecular weight excluding hydrogens is 455 g/mol. The summed E-state index contributed by atoms with van der Waals surface area (Å²) in [5.74, 6) is -0.103. The van der Waals surface area contributed by atoms with Crippen LogP contribution in [0.3, 0.4) is 0 Å². The third-order valence-corrected chi connectivity index (χ3v) is 7.22. The van der Waals surface area contributed by atoms with E-state index in [1.54, 1.807) is 34.4 Å². The Balaban J connectivity index is 1.33. The summed E-state index contributed by atoms with van der Waals surface area (Å²) < 4.78 is 0. The number of nitrogens with zero attached hydrogens (tertiary/aromatic N) is 3. The molecular formula is C22H26Cl2N4O2S. The maximum atomic E-state index is 13.2. The number of carbonyl (C=O) groups is 2. The number of hydrogen-bond acceptors (Lipinski definition) is 5. The van der Waals surface area contributed by atoms with Gasteiger partial charge in [0.2, 0.25) is 11.8 Å². The lowest BCUT2D eigenvalue weighted by Crippen LogP contribution is -2.48. The van der Waals surface area contributed by atoms with E-state index in [2.05, 4.69) is 20.6 Å². The highest BCUT2D eigenvalue weighted by Crippen LogP contribution is 2.28. The number of anilines is 1. The van der Waals surface area contributed by atoms with Crippen molar-refractivity contribution in [1.29, 1.82) is 0 Å². The predicted molar refractivity (Wildman–Crippen MR) is 125 cm³/mol. The van der Waals surface area contributed by atoms with Crippen LogP contribution in [0.2, 0.25) is 10.0 Å². The number of aryl methyl sites for hydroxylation is 1. The topological polar surface area (TPSA) is 65.5 Å². The van der Waals surface area contributed by atoms with Crippen molar-refractivity contribution in [3.63, 3.8) is 0 Å². The normalized spacial score (nSPS) is 20.2. The number of carbonyl (C=O) groups excluding carboxylic acids is 2. The van der Waals surface area contributed by atoms with E-state index in [0.29, 0.717) is 28.7 Å². The van der Waals surface area contributed by atoms with Gasteiger partial charge in [-0.15, -0.1) is 11.3 Å². The maximum Gasteiger partial charge on any atom is 0.247 e. The van der Waals surface area contributed by atoms with E-state index >= 15 is 0 Å². The maximum absolute atomic E-state index is 13.2. The molecule has 166 valence electrons. The second kappa shape index (κ2) is 9.86. The summed E-state index contributed by atoms with van der Waals surface area (Å²) >= 11 is 13.7. The second-order valence-corrected chi connectivity index (χ2v) is 10.2. The Morgan fingerprint density at radius 1 is 1.13 bits per heavy atom. The molecule has 9 heteroatoms. The molecule has 4 rings (SSSR count). The van der Waals surface area contributed by atoms with Gasteiger partial charge >= 0.3 is 0 Å². The quantitative estimate of drug-likeness (QED) is 0.678. The summed E-state index contributed by atoms with van der Waals surface area (Å²) in [7, 11) is 0. The number of nitrogens with one attached hydrogen (secondary N) is 1. The third kappa shape index (κ3) is 5.58. The molecule has 2 fully saturated rings. The van der Waals surface area contributed by atoms with Crippen molar-refractivity contribution >= 4 is 52.0 Å². The Labute approximate surface area is 196 Å². The molecule has 2 aliphatic rings. The van der Waals surface area contributed by atoms with Crippen molar-refractivity contribution in [3.8, 4) is 0 Å². The summed E-state index contributed by atoms with van der Waals surface area (Å²) in [6.07, 6.45) is 3.14. The van der Waals surface area contributed by atoms with E-state index in [1.165, 1.54) is 0 Å². The summed E-state index contributed by atoms with van der Waals surface area (Å²) in [6.45, 7) is 5.23. The smallest absolute Gasteiger partial charge is 0.247 e. The molecule has 6 nitrogen and oxygen atoms in total. The molecule has 31 heavy (non-hydrogen) atoms. The predicted octanol–water partition coefficient (Wildman–Crippen LogP) is 4.60. The number of piperidine rings is 1. The van der Waals surface area contributed by atoms with E-state index in [9.17, 15) is 9.59 Å². The number of likely N-dealkylation sites (tertiary alicyclic amines) is 2. The van der Waals surface area contributed by atoms with E-state index in [0.717, 1.165) is 49.6 Å². The Kier molecular flexibility index (Phi) is 7.16. The number of hydrogen-bond donors (Lipinski definition) is 1. The van der Waals surface area contributed by atoms with Crippen molar-refractivity contribution in [2.75, 3.05) is 25.0 Å². The zero-order chi connectivity index (χ0) is 22.0. The van der Waals surface area contributed by atoms with Gasteiger partial charge in [0.25, 0.3) is 0 Å². The number of amides is 2. The molecule has 0 spiro atoms. The van der Waals surface area contributed by atoms with E-state index in [1.807, 2.05) is 6.92 Å². The van der Waals surface area contributed by atoms with Crippen LogP contribution >= 0.6 is 34.5 Å². The van der Waals surface area contributed by atoms with Gasteiger partial charge < -0.3 is 10.2 Å². The molecule has 2 aliphatic heterocycles. The Hall–Kier alpha value is -1.67. The minimum atomic E-state index is -0.443. The molecule has 1 aromatic carbocycles. The molecule has 1 atom stereocenters. The van der Waals surface area contributed by atoms with Gasteiger partial charge in [-0.2, -0.15) is 0 Å². The zero-order valence-electron chi connectivity index (χ0n) is 17.4. The van der Waals surface area contributed by atoms with Gasteiger partial charge in [0.05, 0.1) is 10.7 Å². The lowest BCUT2D eigenvalue weighted by atomic mass is 9.94. The first-order valence-corrected chi connectivity index (χ1v) is 12.2. The molecule has 0 bridgehead atoms. The van der Waals surface area contributed by atoms with Gasteiger partial charge in [0.1, 0.15) is 6.04 Å². The van der Waals surface area contributed by atoms with Crippen molar-refractivity contribution < 1.29 is 9.59 Å². The van der Waals surface area contributed by atoms with Gasteiger partial charge in [-0.05, 0) is 63.9 Å². The third-order valence-electron chi connectivity index (χ3n) is 5.96. The fourth-order valence-electron chi connectivity index (χ4n) is 4.44. The molecule has 3 heterocycles. The standard InChI is InChI=1S/C22H26Cl2N4O2S/c1-14-25-19(13-31-14)12-27-7-4-15(5-8-27)22(30)28-6-2-3-20(28)21(29)26-18-10-16(23)9-17(24)11-18/h9-11,13,15,20H,2-8,12H2,1H3,(H,26,29). The van der Waals surface area contributed by atoms with Crippen molar-refractivity contribution in [3.05, 3.63) is 44.3 Å². The highest BCUT2D eigenvalue weighted by atomic mass is 35.5. The van der Waals surface area contributed by atoms with Crippen LogP contribution in [0.1, 0.15) is 36.4 Å². The zero-order valence-corrected chi connectivity index (χ0v) is 19.8. The van der Waals surface area contributed by atoms with Crippen molar-refractivity contribution in [2.24, 2.45) is 5.92 Å². The molecule has 1 aromatic heterocycles. The van der Waals surface area contributed by atoms with Crippen LogP contribution in [-0.4, -0.2) is 52.3 Å². The molecule has 1 N–H and O–H groups in total. The van der Waals surface area contributed by atoms with Crippen LogP contribution < -0.4 is 5.32 Å². The first kappa shape index (κ1) is 22.5. The number of halogens is 2. The minimum absolute atomic E-state index is 0.0255. The first-order chi connectivity index (χ1) is 14.9. The molecule has 2 amide bonds. The highest BCUT2D eigenvalue weighted by molar-refractivity contribution is 7.09. The van der Waals surface area contributed by atoms with Crippen molar-refractivity contribution in [1.82, 2.24) is 14.8 Å². The number of thiazole rings is 1. The first-order valence-electron chi connectivity index (χ1n) is 10.6. The fraction of sp³-hybridized carbons (Fsp3) is 0.500. The van der Waals surface area contributed by atoms with Gasteiger partial charge in [-0.1, -0.05) is 23.2 Å². The lowest BCUT2D eigenvalue weighted by Gasteiger charge is -2.34. The molecule has 0 radical (unpaired) electrons. The summed E-state index contributed by atoms with van der Waals surface area (Å²) in [6, 6.07) is 4.49. The van der Waals surface area contributed by atoms with Gasteiger partial charge in [0, 0.05) is 40.1 Å². The van der Waals surface area contributed by atoms with E-state index in [-0.39, 0.29) is 17.7 Å². The summed E-state index contributed by atoms with van der Waals surface area (Å²) in [5, 5.41) is 6.98. The van der Waals surface area contributed by atoms with Crippen LogP contribution in [0.5, 0.6) is 0 Å². The molecule has 0 saturated carbocycles. The second-order valence-electron chi connectivity index (χ2n) is 8.25. The molecule has 0 aliphatic carbocycles. The number of aromatic nitrogens is 1. The molecule has 1 unspecified atom stereocenters. The van der Waals surface area contributed by atoms with Crippen LogP contribution in [0, 0.1) is 12.8 Å². The van der Waals surface area contributed by atoms with Gasteiger partial charge in [-0.3, -0.25) is 14.5 Å². The number of benzene rings is 1. The van der Waals surface area contributed by atoms with E-state index in [4.69, 9.17) is 23.2 Å². The van der Waals surface area contributed by atoms with Crippen molar-refractivity contribution in [2.45, 2.75) is 45.2 Å². The average molecular weight is 481 g/mol. The Morgan fingerprint density at radius 2 is 1.84 bits per heavy atom. The summed E-state index contributed by atoms with van der Waals surface area (Å²) in [4.78, 5) is 34.8. The summed E-state index contributed by atoms with van der Waals surface area (Å²) in [5.41, 5.74) is 1.65. The largest absolute Gasteiger partial charge is 0.330 e. The molecule has 2 saturated heterocycles. The average Bonchev–Trinajstić information content (AvgIpc) is 3.36. The highest BCUT2D eigenvalue weighted by Gasteiger charge is 2.38. The minimum Gasteiger partial charge on any atom is -0.330 e. The Morgan fingerprint density at radius 3 is 2.48 bits per heavy atom. The lowest BCUT2D eigenvalue weighted by molar-refractivity contribution is -0.141. The van der Waals surface area contributed by atoms with Gasteiger partial charge in [0.15, 0.2) is 0 Å². The van der Waals surface area contributed by atoms with Crippen LogP contribution in [0.4, 0.5) is 5.69 Å². The Bertz CT molecular complexity index is 938. The van der Waals surface area contributed by atoms with Crippen LogP contribution in [0.15, 0.2) is 23.6 Å².